The first-order valence-corrected chi connectivity index (χ1v) is 22.7. The zero-order chi connectivity index (χ0) is 47.4. The zero-order valence-electron chi connectivity index (χ0n) is 38.7. The van der Waals surface area contributed by atoms with Crippen LogP contribution in [-0.2, 0) is 57.6 Å². The molecule has 11 heteroatoms. The topological polar surface area (TPSA) is 152 Å². The molecule has 0 fully saturated rings. The van der Waals surface area contributed by atoms with Gasteiger partial charge in [-0.05, 0) is 143 Å². The van der Waals surface area contributed by atoms with Gasteiger partial charge in [0.25, 0.3) is 0 Å². The summed E-state index contributed by atoms with van der Waals surface area (Å²) in [6.45, 7) is 4.94. The molecule has 0 aliphatic rings. The number of aromatic nitrogens is 2. The van der Waals surface area contributed by atoms with Gasteiger partial charge < -0.3 is 43.9 Å². The fourth-order valence-corrected chi connectivity index (χ4v) is 7.41. The van der Waals surface area contributed by atoms with Crippen LogP contribution in [0.1, 0.15) is 60.3 Å². The number of para-hydroxylation sites is 2. The lowest BCUT2D eigenvalue weighted by molar-refractivity contribution is -0.140. The lowest BCUT2D eigenvalue weighted by atomic mass is 10.1. The second-order valence-electron chi connectivity index (χ2n) is 15.9. The molecule has 2 aromatic heterocycles. The number of ether oxygens (including phenoxy) is 5. The number of phenolic OH excluding ortho intramolecular Hbond substituents is 1. The van der Waals surface area contributed by atoms with Crippen LogP contribution in [0, 0.1) is 0 Å². The maximum absolute atomic E-state index is 11.5. The molecule has 0 atom stereocenters. The molecule has 8 rings (SSSR count). The Morgan fingerprint density at radius 3 is 1.52 bits per heavy atom. The summed E-state index contributed by atoms with van der Waals surface area (Å²) in [5, 5.41) is 20.7. The molecule has 4 N–H and O–H groups in total. The van der Waals surface area contributed by atoms with E-state index in [9.17, 15) is 14.7 Å². The number of aromatic hydroxyl groups is 1. The van der Waals surface area contributed by atoms with Gasteiger partial charge in [-0.25, -0.2) is 0 Å². The molecule has 0 aliphatic carbocycles. The van der Waals surface area contributed by atoms with E-state index in [1.54, 1.807) is 12.1 Å². The van der Waals surface area contributed by atoms with Crippen molar-refractivity contribution in [1.29, 1.82) is 0 Å². The lowest BCUT2D eigenvalue weighted by Crippen LogP contribution is -2.04. The highest BCUT2D eigenvalue weighted by atomic mass is 16.5. The van der Waals surface area contributed by atoms with Gasteiger partial charge >= 0.3 is 11.9 Å². The number of benzene rings is 6. The van der Waals surface area contributed by atoms with Gasteiger partial charge in [-0.1, -0.05) is 75.2 Å². The number of carbonyl (C=O) groups excluding carboxylic acids is 2. The maximum Gasteiger partial charge on any atom is 0.309 e. The second-order valence-corrected chi connectivity index (χ2v) is 15.9. The van der Waals surface area contributed by atoms with Gasteiger partial charge in [0.1, 0.15) is 34.5 Å². The van der Waals surface area contributed by atoms with Crippen LogP contribution in [0.25, 0.3) is 21.8 Å². The molecule has 0 aliphatic heterocycles. The number of aromatic amines is 2. The molecule has 0 unspecified atom stereocenters. The number of aryl methyl sites for hydroxylation is 2. The molecule has 0 saturated heterocycles. The third-order valence-corrected chi connectivity index (χ3v) is 10.7. The number of hydrogen-bond donors (Lipinski definition) is 4. The predicted octanol–water partition coefficient (Wildman–Crippen LogP) is 11.8. The highest BCUT2D eigenvalue weighted by molar-refractivity contribution is 5.84. The number of hydrogen-bond acceptors (Lipinski definition) is 9. The standard InChI is InChI=1S/C28H29NO4.C15H16O2.C13H15NO3/c1-3-7-21-19-25(33-24-8-5-4-6-9-24)11-13-27(21)32-15-14-23-18-22-16-20(17-28(30)31-2)10-12-26(22)29-23;1-2-6-12-11-14(9-10-15(12)16)17-13-7-4-3-5-8-13;1-17-13(16)7-9-2-3-12-10(6-9)8-11(14-12)4-5-15/h4-6,8-13,16,18-19,29H,3,7,14-15,17H2,1-2H3;3-5,7-11,16H,2,6H2,1H3;2-3,6,8,14-15H,4-5,7H2,1H3. The van der Waals surface area contributed by atoms with Gasteiger partial charge in [-0.15, -0.1) is 0 Å². The van der Waals surface area contributed by atoms with Crippen molar-refractivity contribution in [3.8, 4) is 34.5 Å². The summed E-state index contributed by atoms with van der Waals surface area (Å²) < 4.78 is 27.2. The van der Waals surface area contributed by atoms with E-state index in [0.717, 1.165) is 116 Å². The Bertz CT molecular complexity index is 2800. The molecule has 348 valence electrons. The SMILES string of the molecule is CCCc1cc(Oc2ccccc2)ccc1O.CCCc1cc(Oc2ccccc2)ccc1OCCc1cc2cc(CC(=O)OC)ccc2[nH]1.COC(=O)Cc1ccc2[nH]c(CCO)cc2c1. The van der Waals surface area contributed by atoms with Crippen LogP contribution in [0.4, 0.5) is 0 Å². The van der Waals surface area contributed by atoms with E-state index in [2.05, 4.69) is 40.7 Å². The highest BCUT2D eigenvalue weighted by Crippen LogP contribution is 2.30. The maximum atomic E-state index is 11.5. The van der Waals surface area contributed by atoms with Crippen molar-refractivity contribution in [2.24, 2.45) is 0 Å². The number of aliphatic hydroxyl groups excluding tert-OH is 1. The van der Waals surface area contributed by atoms with E-state index in [0.29, 0.717) is 18.8 Å². The second kappa shape index (κ2) is 25.3. The summed E-state index contributed by atoms with van der Waals surface area (Å²) in [7, 11) is 2.79. The summed E-state index contributed by atoms with van der Waals surface area (Å²) in [6, 6.07) is 46.7. The van der Waals surface area contributed by atoms with Crippen molar-refractivity contribution in [1.82, 2.24) is 9.97 Å². The quantitative estimate of drug-likeness (QED) is 0.0617. The minimum atomic E-state index is -0.240. The van der Waals surface area contributed by atoms with Crippen molar-refractivity contribution in [3.63, 3.8) is 0 Å². The van der Waals surface area contributed by atoms with Crippen LogP contribution in [0.5, 0.6) is 34.5 Å². The average molecular weight is 905 g/mol. The molecule has 11 nitrogen and oxygen atoms in total. The molecule has 0 amide bonds. The van der Waals surface area contributed by atoms with Crippen molar-refractivity contribution < 1.29 is 43.5 Å². The lowest BCUT2D eigenvalue weighted by Gasteiger charge is -2.13. The number of phenols is 1. The van der Waals surface area contributed by atoms with Crippen LogP contribution in [0.3, 0.4) is 0 Å². The van der Waals surface area contributed by atoms with E-state index in [1.807, 2.05) is 121 Å². The summed E-state index contributed by atoms with van der Waals surface area (Å²) in [5.74, 6) is 3.97. The number of aliphatic hydroxyl groups is 1. The molecule has 2 heterocycles. The summed E-state index contributed by atoms with van der Waals surface area (Å²) in [6.07, 6.45) is 5.75. The van der Waals surface area contributed by atoms with Gasteiger partial charge in [0, 0.05) is 41.9 Å². The van der Waals surface area contributed by atoms with Crippen molar-refractivity contribution in [2.75, 3.05) is 27.4 Å². The number of carbonyl (C=O) groups is 2. The number of fused-ring (bicyclic) bond motifs is 2. The van der Waals surface area contributed by atoms with Gasteiger partial charge in [0.2, 0.25) is 0 Å². The molecular formula is C56H60N2O9. The molecule has 6 aromatic carbocycles. The Morgan fingerprint density at radius 1 is 0.522 bits per heavy atom. The fraction of sp³-hybridized carbons (Fsp3) is 0.250. The Hall–Kier alpha value is -7.50. The van der Waals surface area contributed by atoms with E-state index in [4.69, 9.17) is 24.1 Å². The van der Waals surface area contributed by atoms with Gasteiger partial charge in [-0.2, -0.15) is 0 Å². The first-order valence-electron chi connectivity index (χ1n) is 22.7. The Labute approximate surface area is 392 Å². The van der Waals surface area contributed by atoms with E-state index in [-0.39, 0.29) is 31.4 Å². The smallest absolute Gasteiger partial charge is 0.309 e. The monoisotopic (exact) mass is 904 g/mol. The van der Waals surface area contributed by atoms with Crippen molar-refractivity contribution in [3.05, 3.63) is 179 Å². The van der Waals surface area contributed by atoms with Crippen LogP contribution in [-0.4, -0.2) is 59.6 Å². The van der Waals surface area contributed by atoms with E-state index in [1.165, 1.54) is 14.2 Å². The Morgan fingerprint density at radius 2 is 1.01 bits per heavy atom. The summed E-state index contributed by atoms with van der Waals surface area (Å²) in [4.78, 5) is 29.3. The van der Waals surface area contributed by atoms with E-state index < -0.39 is 0 Å². The predicted molar refractivity (Wildman–Crippen MR) is 264 cm³/mol. The van der Waals surface area contributed by atoms with Crippen LogP contribution < -0.4 is 14.2 Å². The molecule has 0 radical (unpaired) electrons. The van der Waals surface area contributed by atoms with Gasteiger partial charge in [0.05, 0.1) is 33.7 Å². The number of H-pyrrole nitrogens is 2. The zero-order valence-corrected chi connectivity index (χ0v) is 38.7. The molecule has 0 spiro atoms. The summed E-state index contributed by atoms with van der Waals surface area (Å²) >= 11 is 0. The molecule has 0 saturated carbocycles. The molecule has 67 heavy (non-hydrogen) atoms. The van der Waals surface area contributed by atoms with Crippen LogP contribution in [0.15, 0.2) is 146 Å². The first kappa shape index (κ1) is 48.9. The van der Waals surface area contributed by atoms with Gasteiger partial charge in [0.15, 0.2) is 0 Å². The summed E-state index contributed by atoms with van der Waals surface area (Å²) in [5.41, 5.74) is 8.11. The van der Waals surface area contributed by atoms with Crippen LogP contribution in [0.2, 0.25) is 0 Å². The average Bonchev–Trinajstić information content (AvgIpc) is 3.95. The number of nitrogens with one attached hydrogen (secondary N) is 2. The van der Waals surface area contributed by atoms with Crippen molar-refractivity contribution >= 4 is 33.7 Å². The van der Waals surface area contributed by atoms with Crippen molar-refractivity contribution in [2.45, 2.75) is 65.2 Å². The molecule has 8 aromatic rings. The van der Waals surface area contributed by atoms with E-state index >= 15 is 0 Å². The third-order valence-electron chi connectivity index (χ3n) is 10.7. The Kier molecular flexibility index (Phi) is 18.5. The minimum Gasteiger partial charge on any atom is -0.508 e. The largest absolute Gasteiger partial charge is 0.508 e. The van der Waals surface area contributed by atoms with Crippen LogP contribution >= 0.6 is 0 Å². The molecule has 0 bridgehead atoms. The first-order chi connectivity index (χ1) is 32.7. The Balaban J connectivity index is 0.000000183. The third kappa shape index (κ3) is 15.0. The molecular weight excluding hydrogens is 845 g/mol. The normalized spacial score (nSPS) is 10.6. The number of rotatable bonds is 18. The van der Waals surface area contributed by atoms with Gasteiger partial charge in [-0.3, -0.25) is 9.59 Å². The fourth-order valence-electron chi connectivity index (χ4n) is 7.41. The highest BCUT2D eigenvalue weighted by Gasteiger charge is 2.11. The minimum absolute atomic E-state index is 0.127. The number of methoxy groups -OCH3 is 2. The number of esters is 2.